The smallest absolute Gasteiger partial charge is 0.203 e. The molecule has 0 aliphatic heterocycles. The Labute approximate surface area is 123 Å². The van der Waals surface area contributed by atoms with Crippen molar-refractivity contribution in [2.45, 2.75) is 6.54 Å². The van der Waals surface area contributed by atoms with E-state index in [2.05, 4.69) is 0 Å². The third-order valence-electron chi connectivity index (χ3n) is 2.36. The van der Waals surface area contributed by atoms with E-state index >= 15 is 0 Å². The Morgan fingerprint density at radius 3 is 1.57 bits per heavy atom. The Hall–Kier alpha value is -1.10. The van der Waals surface area contributed by atoms with Gasteiger partial charge in [-0.25, -0.2) is 0 Å². The second kappa shape index (κ2) is 11.5. The van der Waals surface area contributed by atoms with Gasteiger partial charge in [0, 0.05) is 5.56 Å². The zero-order valence-electron chi connectivity index (χ0n) is 11.8. The average molecular weight is 305 g/mol. The maximum Gasteiger partial charge on any atom is 0.203 e. The molecule has 0 saturated carbocycles. The van der Waals surface area contributed by atoms with E-state index in [1.54, 1.807) is 0 Å². The number of nitrogens with zero attached hydrogens (tertiary/aromatic N) is 1. The molecule has 0 atom stereocenters. The zero-order valence-corrected chi connectivity index (χ0v) is 11.8. The molecule has 0 unspecified atom stereocenters. The van der Waals surface area contributed by atoms with Crippen LogP contribution in [0.5, 0.6) is 0 Å². The van der Waals surface area contributed by atoms with E-state index in [9.17, 15) is 0 Å². The number of hydrogen-bond donors (Lipinski definition) is 3. The number of hydrogen-bond acceptors (Lipinski definition) is 7. The number of benzene rings is 1. The first kappa shape index (κ1) is 19.9. The van der Waals surface area contributed by atoms with Crippen LogP contribution < -0.4 is 0 Å². The second-order valence-corrected chi connectivity index (χ2v) is 3.93. The van der Waals surface area contributed by atoms with Crippen LogP contribution in [0, 0.1) is 0 Å². The van der Waals surface area contributed by atoms with Crippen LogP contribution in [-0.2, 0) is 21.1 Å². The van der Waals surface area contributed by atoms with Crippen LogP contribution in [0.3, 0.4) is 0 Å². The molecule has 1 aromatic carbocycles. The van der Waals surface area contributed by atoms with Crippen LogP contribution in [0.25, 0.3) is 0 Å². The van der Waals surface area contributed by atoms with Gasteiger partial charge in [-0.15, -0.1) is 14.5 Å². The van der Waals surface area contributed by atoms with Crippen LogP contribution in [0.2, 0.25) is 0 Å². The first-order chi connectivity index (χ1) is 9.76. The number of rotatable bonds is 11. The number of aliphatic hydroxyl groups excluding tert-OH is 3. The molecule has 122 valence electrons. The van der Waals surface area contributed by atoms with Gasteiger partial charge in [-0.3, -0.25) is 0 Å². The first-order valence-electron chi connectivity index (χ1n) is 6.44. The van der Waals surface area contributed by atoms with Crippen molar-refractivity contribution in [1.29, 1.82) is 0 Å². The summed E-state index contributed by atoms with van der Waals surface area (Å²) in [5, 5.41) is 26.7. The highest BCUT2D eigenvalue weighted by Gasteiger charge is 2.35. The van der Waals surface area contributed by atoms with Gasteiger partial charge < -0.3 is 20.8 Å². The van der Waals surface area contributed by atoms with Gasteiger partial charge in [0.2, 0.25) is 6.54 Å². The minimum absolute atomic E-state index is 0. The summed E-state index contributed by atoms with van der Waals surface area (Å²) < 4.78 is 0. The summed E-state index contributed by atoms with van der Waals surface area (Å²) in [4.78, 5) is 15.5. The van der Waals surface area contributed by atoms with Gasteiger partial charge in [0.05, 0.1) is 24.8 Å². The largest absolute Gasteiger partial charge is 0.870 e. The lowest BCUT2D eigenvalue weighted by molar-refractivity contribution is -1.38. The molecule has 0 aromatic heterocycles. The summed E-state index contributed by atoms with van der Waals surface area (Å²) in [7, 11) is 0. The van der Waals surface area contributed by atoms with Gasteiger partial charge in [-0.05, 0) is 0 Å². The standard InChI is InChI=1S/C13H22NO6.H2O/c15-6-9-18-14(19-10-7-16,20-11-8-17)12-13-4-2-1-3-5-13;/h1-5,15-17H,6-12H2;1H2/q+1;/p-1. The fourth-order valence-corrected chi connectivity index (χ4v) is 1.60. The fraction of sp³-hybridized carbons (Fsp3) is 0.538. The van der Waals surface area contributed by atoms with Crippen molar-refractivity contribution in [3.63, 3.8) is 0 Å². The van der Waals surface area contributed by atoms with Crippen molar-refractivity contribution in [2.24, 2.45) is 0 Å². The van der Waals surface area contributed by atoms with Crippen LogP contribution in [0.15, 0.2) is 30.3 Å². The Balaban J connectivity index is 0.00000400. The van der Waals surface area contributed by atoms with Crippen molar-refractivity contribution in [3.05, 3.63) is 35.9 Å². The molecular formula is C13H23NO7. The summed E-state index contributed by atoms with van der Waals surface area (Å²) in [6, 6.07) is 9.37. The molecule has 0 saturated heterocycles. The zero-order chi connectivity index (χ0) is 14.7. The second-order valence-electron chi connectivity index (χ2n) is 3.93. The fourth-order valence-electron chi connectivity index (χ4n) is 1.60. The predicted octanol–water partition coefficient (Wildman–Crippen LogP) is -0.402. The van der Waals surface area contributed by atoms with E-state index in [-0.39, 0.29) is 51.7 Å². The van der Waals surface area contributed by atoms with Gasteiger partial charge in [0.1, 0.15) is 19.8 Å². The molecule has 0 fully saturated rings. The summed E-state index contributed by atoms with van der Waals surface area (Å²) in [6.07, 6.45) is 0. The van der Waals surface area contributed by atoms with Gasteiger partial charge in [0.25, 0.3) is 0 Å². The Morgan fingerprint density at radius 2 is 1.19 bits per heavy atom. The highest BCUT2D eigenvalue weighted by molar-refractivity contribution is 5.13. The average Bonchev–Trinajstić information content (AvgIpc) is 2.49. The molecule has 21 heavy (non-hydrogen) atoms. The molecule has 0 aliphatic carbocycles. The lowest BCUT2D eigenvalue weighted by Crippen LogP contribution is -2.48. The van der Waals surface area contributed by atoms with Crippen LogP contribution in [-0.4, -0.2) is 65.4 Å². The summed E-state index contributed by atoms with van der Waals surface area (Å²) in [5.41, 5.74) is 0.890. The molecule has 0 bridgehead atoms. The maximum atomic E-state index is 8.90. The van der Waals surface area contributed by atoms with Gasteiger partial charge in [0.15, 0.2) is 0 Å². The highest BCUT2D eigenvalue weighted by Crippen LogP contribution is 2.18. The summed E-state index contributed by atoms with van der Waals surface area (Å²) in [6.45, 7) is -0.350. The predicted molar refractivity (Wildman–Crippen MR) is 71.5 cm³/mol. The minimum atomic E-state index is -0.675. The van der Waals surface area contributed by atoms with Gasteiger partial charge in [-0.2, -0.15) is 0 Å². The number of quaternary nitrogens is 1. The van der Waals surface area contributed by atoms with Crippen molar-refractivity contribution < 1.29 is 40.3 Å². The molecule has 0 spiro atoms. The molecule has 0 aliphatic rings. The van der Waals surface area contributed by atoms with E-state index in [1.807, 2.05) is 30.3 Å². The third kappa shape index (κ3) is 7.46. The molecule has 0 heterocycles. The molecule has 8 heteroatoms. The van der Waals surface area contributed by atoms with Crippen molar-refractivity contribution >= 4 is 0 Å². The molecule has 0 amide bonds. The van der Waals surface area contributed by atoms with Crippen molar-refractivity contribution in [2.75, 3.05) is 39.6 Å². The van der Waals surface area contributed by atoms with E-state index in [1.165, 1.54) is 0 Å². The summed E-state index contributed by atoms with van der Waals surface area (Å²) >= 11 is 0. The van der Waals surface area contributed by atoms with E-state index in [0.717, 1.165) is 5.56 Å². The molecular weight excluding hydrogens is 282 g/mol. The Bertz CT molecular complexity index is 328. The van der Waals surface area contributed by atoms with Crippen LogP contribution in [0.1, 0.15) is 5.56 Å². The first-order valence-corrected chi connectivity index (χ1v) is 6.44. The highest BCUT2D eigenvalue weighted by atomic mass is 17.2. The van der Waals surface area contributed by atoms with E-state index < -0.39 is 4.97 Å². The van der Waals surface area contributed by atoms with Crippen molar-refractivity contribution in [3.8, 4) is 0 Å². The summed E-state index contributed by atoms with van der Waals surface area (Å²) in [5.74, 6) is 0. The minimum Gasteiger partial charge on any atom is -0.870 e. The third-order valence-corrected chi connectivity index (χ3v) is 2.36. The van der Waals surface area contributed by atoms with Crippen LogP contribution >= 0.6 is 0 Å². The van der Waals surface area contributed by atoms with Crippen LogP contribution in [0.4, 0.5) is 0 Å². The normalized spacial score (nSPS) is 11.2. The topological polar surface area (TPSA) is 118 Å². The number of aliphatic hydroxyl groups is 3. The maximum absolute atomic E-state index is 8.90. The Morgan fingerprint density at radius 1 is 0.762 bits per heavy atom. The molecule has 4 N–H and O–H groups in total. The lowest BCUT2D eigenvalue weighted by Gasteiger charge is -2.29. The number of hydroxylamine groups is 3. The van der Waals surface area contributed by atoms with E-state index in [4.69, 9.17) is 29.8 Å². The molecule has 1 aromatic rings. The SMILES string of the molecule is OCCO[N+](Cc1ccccc1)(OCCO)OCCO.[OH-]. The van der Waals surface area contributed by atoms with Crippen molar-refractivity contribution in [1.82, 2.24) is 0 Å². The lowest BCUT2D eigenvalue weighted by atomic mass is 10.2. The monoisotopic (exact) mass is 305 g/mol. The quantitative estimate of drug-likeness (QED) is 0.376. The molecule has 0 radical (unpaired) electrons. The molecule has 1 rings (SSSR count). The van der Waals surface area contributed by atoms with E-state index in [0.29, 0.717) is 0 Å². The molecule has 8 nitrogen and oxygen atoms in total. The Kier molecular flexibility index (Phi) is 10.9. The van der Waals surface area contributed by atoms with Gasteiger partial charge in [-0.1, -0.05) is 30.3 Å². The van der Waals surface area contributed by atoms with Gasteiger partial charge >= 0.3 is 0 Å².